The molecular formula is C5H6N2. The molecule has 1 aliphatic rings. The summed E-state index contributed by atoms with van der Waals surface area (Å²) in [4.78, 5) is 1.97. The van der Waals surface area contributed by atoms with Gasteiger partial charge in [-0.1, -0.05) is 0 Å². The van der Waals surface area contributed by atoms with E-state index in [0.29, 0.717) is 0 Å². The second-order valence-corrected chi connectivity index (χ2v) is 1.68. The lowest BCUT2D eigenvalue weighted by atomic mass is 10.2. The highest BCUT2D eigenvalue weighted by Crippen LogP contribution is 2.07. The molecule has 0 atom stereocenters. The molecular weight excluding hydrogens is 88.1 g/mol. The zero-order valence-electron chi connectivity index (χ0n) is 4.18. The van der Waals surface area contributed by atoms with E-state index in [1.54, 1.807) is 0 Å². The van der Waals surface area contributed by atoms with Crippen LogP contribution in [0.3, 0.4) is 0 Å². The van der Waals surface area contributed by atoms with E-state index in [4.69, 9.17) is 5.26 Å². The van der Waals surface area contributed by atoms with Crippen molar-refractivity contribution in [3.8, 4) is 6.07 Å². The maximum absolute atomic E-state index is 8.16. The Kier molecular flexibility index (Phi) is 0.759. The Morgan fingerprint density at radius 2 is 2.57 bits per heavy atom. The zero-order valence-corrected chi connectivity index (χ0v) is 4.18. The summed E-state index contributed by atoms with van der Waals surface area (Å²) >= 11 is 0. The maximum atomic E-state index is 8.16. The van der Waals surface area contributed by atoms with E-state index in [1.165, 1.54) is 0 Å². The van der Waals surface area contributed by atoms with Crippen molar-refractivity contribution in [3.05, 3.63) is 11.8 Å². The van der Waals surface area contributed by atoms with Crippen LogP contribution in [0.5, 0.6) is 0 Å². The molecule has 2 nitrogen and oxygen atoms in total. The lowest BCUT2D eigenvalue weighted by Crippen LogP contribution is -2.23. The fourth-order valence-corrected chi connectivity index (χ4v) is 0.573. The van der Waals surface area contributed by atoms with Gasteiger partial charge in [-0.05, 0) is 0 Å². The molecule has 0 bridgehead atoms. The minimum atomic E-state index is 0.830. The molecule has 7 heavy (non-hydrogen) atoms. The first kappa shape index (κ1) is 4.20. The van der Waals surface area contributed by atoms with E-state index >= 15 is 0 Å². The van der Waals surface area contributed by atoms with Gasteiger partial charge in [-0.15, -0.1) is 0 Å². The van der Waals surface area contributed by atoms with E-state index in [9.17, 15) is 0 Å². The SMILES string of the molecule is CN1C=C(C#N)C1. The maximum Gasteiger partial charge on any atom is 0.0981 e. The predicted octanol–water partition coefficient (Wildman–Crippen LogP) is 0.339. The number of hydrogen-bond donors (Lipinski definition) is 0. The molecule has 0 fully saturated rings. The standard InChI is InChI=1S/C5H6N2/c1-7-3-5(2-6)4-7/h3H,4H2,1H3. The minimum absolute atomic E-state index is 0.830. The number of nitrogens with zero attached hydrogens (tertiary/aromatic N) is 2. The van der Waals surface area contributed by atoms with E-state index < -0.39 is 0 Å². The van der Waals surface area contributed by atoms with Crippen LogP contribution in [0, 0.1) is 11.3 Å². The van der Waals surface area contributed by atoms with Crippen LogP contribution in [0.15, 0.2) is 11.8 Å². The van der Waals surface area contributed by atoms with Gasteiger partial charge >= 0.3 is 0 Å². The highest BCUT2D eigenvalue weighted by Gasteiger charge is 2.07. The second kappa shape index (κ2) is 1.27. The van der Waals surface area contributed by atoms with Crippen LogP contribution < -0.4 is 0 Å². The molecule has 0 radical (unpaired) electrons. The van der Waals surface area contributed by atoms with Gasteiger partial charge in [0.2, 0.25) is 0 Å². The molecule has 36 valence electrons. The van der Waals surface area contributed by atoms with Crippen molar-refractivity contribution in [1.82, 2.24) is 4.90 Å². The highest BCUT2D eigenvalue weighted by atomic mass is 15.1. The van der Waals surface area contributed by atoms with Gasteiger partial charge in [-0.3, -0.25) is 0 Å². The monoisotopic (exact) mass is 94.1 g/mol. The van der Waals surface area contributed by atoms with Crippen LogP contribution in [0.1, 0.15) is 0 Å². The molecule has 0 saturated heterocycles. The molecule has 1 heterocycles. The van der Waals surface area contributed by atoms with Crippen LogP contribution in [0.25, 0.3) is 0 Å². The summed E-state index contributed by atoms with van der Waals surface area (Å²) in [5.41, 5.74) is 0.877. The van der Waals surface area contributed by atoms with Crippen LogP contribution in [0.2, 0.25) is 0 Å². The Bertz CT molecular complexity index is 141. The van der Waals surface area contributed by atoms with Gasteiger partial charge in [-0.25, -0.2) is 0 Å². The van der Waals surface area contributed by atoms with Gasteiger partial charge in [0.25, 0.3) is 0 Å². The molecule has 0 amide bonds. The van der Waals surface area contributed by atoms with Crippen molar-refractivity contribution in [1.29, 1.82) is 5.26 Å². The Balaban J connectivity index is 2.55. The largest absolute Gasteiger partial charge is 0.374 e. The topological polar surface area (TPSA) is 27.0 Å². The van der Waals surface area contributed by atoms with Gasteiger partial charge in [0.1, 0.15) is 0 Å². The summed E-state index contributed by atoms with van der Waals surface area (Å²) in [7, 11) is 1.95. The van der Waals surface area contributed by atoms with Crippen LogP contribution in [-0.2, 0) is 0 Å². The average molecular weight is 94.1 g/mol. The van der Waals surface area contributed by atoms with Crippen molar-refractivity contribution in [2.45, 2.75) is 0 Å². The smallest absolute Gasteiger partial charge is 0.0981 e. The van der Waals surface area contributed by atoms with E-state index in [-0.39, 0.29) is 0 Å². The third kappa shape index (κ3) is 0.566. The molecule has 0 unspecified atom stereocenters. The fraction of sp³-hybridized carbons (Fsp3) is 0.400. The third-order valence-electron chi connectivity index (χ3n) is 0.940. The first-order valence-electron chi connectivity index (χ1n) is 2.14. The van der Waals surface area contributed by atoms with Crippen molar-refractivity contribution in [2.75, 3.05) is 13.6 Å². The normalized spacial score (nSPS) is 17.1. The Labute approximate surface area is 42.7 Å². The molecule has 1 aliphatic heterocycles. The van der Waals surface area contributed by atoms with Gasteiger partial charge < -0.3 is 4.90 Å². The zero-order chi connectivity index (χ0) is 5.28. The lowest BCUT2D eigenvalue weighted by molar-refractivity contribution is 0.444. The minimum Gasteiger partial charge on any atom is -0.374 e. The van der Waals surface area contributed by atoms with Gasteiger partial charge in [-0.2, -0.15) is 5.26 Å². The van der Waals surface area contributed by atoms with E-state index in [0.717, 1.165) is 12.1 Å². The van der Waals surface area contributed by atoms with Gasteiger partial charge in [0.05, 0.1) is 18.2 Å². The Morgan fingerprint density at radius 3 is 2.71 bits per heavy atom. The van der Waals surface area contributed by atoms with Crippen LogP contribution in [-0.4, -0.2) is 18.5 Å². The summed E-state index contributed by atoms with van der Waals surface area (Å²) < 4.78 is 0. The highest BCUT2D eigenvalue weighted by molar-refractivity contribution is 5.28. The van der Waals surface area contributed by atoms with E-state index in [1.807, 2.05) is 18.1 Å². The summed E-state index contributed by atoms with van der Waals surface area (Å²) in [6.07, 6.45) is 1.83. The van der Waals surface area contributed by atoms with Gasteiger partial charge in [0.15, 0.2) is 0 Å². The van der Waals surface area contributed by atoms with Crippen molar-refractivity contribution in [2.24, 2.45) is 0 Å². The molecule has 0 saturated carbocycles. The second-order valence-electron chi connectivity index (χ2n) is 1.68. The predicted molar refractivity (Wildman–Crippen MR) is 26.3 cm³/mol. The molecule has 0 aromatic carbocycles. The van der Waals surface area contributed by atoms with Crippen LogP contribution in [0.4, 0.5) is 0 Å². The summed E-state index contributed by atoms with van der Waals surface area (Å²) in [6, 6.07) is 2.05. The molecule has 0 N–H and O–H groups in total. The number of hydrogen-bond acceptors (Lipinski definition) is 2. The molecule has 0 aromatic rings. The van der Waals surface area contributed by atoms with E-state index in [2.05, 4.69) is 6.07 Å². The molecule has 0 aliphatic carbocycles. The number of rotatable bonds is 0. The molecule has 2 heteroatoms. The quantitative estimate of drug-likeness (QED) is 0.432. The summed E-state index contributed by atoms with van der Waals surface area (Å²) in [5.74, 6) is 0. The molecule has 0 aromatic heterocycles. The Morgan fingerprint density at radius 1 is 2.00 bits per heavy atom. The summed E-state index contributed by atoms with van der Waals surface area (Å²) in [6.45, 7) is 0.830. The lowest BCUT2D eigenvalue weighted by Gasteiger charge is -2.21. The van der Waals surface area contributed by atoms with Crippen LogP contribution >= 0.6 is 0 Å². The number of nitriles is 1. The fourth-order valence-electron chi connectivity index (χ4n) is 0.573. The van der Waals surface area contributed by atoms with Crippen molar-refractivity contribution < 1.29 is 0 Å². The third-order valence-corrected chi connectivity index (χ3v) is 0.940. The van der Waals surface area contributed by atoms with Crippen molar-refractivity contribution >= 4 is 0 Å². The summed E-state index contributed by atoms with van der Waals surface area (Å²) in [5, 5.41) is 8.16. The van der Waals surface area contributed by atoms with Crippen molar-refractivity contribution in [3.63, 3.8) is 0 Å². The first-order chi connectivity index (χ1) is 3.33. The molecule has 0 spiro atoms. The molecule has 1 rings (SSSR count). The number of likely N-dealkylation sites (N-methyl/N-ethyl adjacent to an activating group) is 1. The average Bonchev–Trinajstić information content (AvgIpc) is 1.58. The Hall–Kier alpha value is -0.970. The van der Waals surface area contributed by atoms with Gasteiger partial charge in [0, 0.05) is 13.2 Å². The first-order valence-corrected chi connectivity index (χ1v) is 2.14.